The molecule has 0 unspecified atom stereocenters. The van der Waals surface area contributed by atoms with Gasteiger partial charge in [-0.2, -0.15) is 4.68 Å². The van der Waals surface area contributed by atoms with Crippen molar-refractivity contribution in [1.82, 2.24) is 9.78 Å². The van der Waals surface area contributed by atoms with Crippen molar-refractivity contribution in [2.75, 3.05) is 5.32 Å². The third kappa shape index (κ3) is 3.72. The normalized spacial score (nSPS) is 10.1. The van der Waals surface area contributed by atoms with Crippen molar-refractivity contribution in [3.63, 3.8) is 0 Å². The second kappa shape index (κ2) is 5.95. The Balaban J connectivity index is 1.97. The van der Waals surface area contributed by atoms with Gasteiger partial charge in [-0.1, -0.05) is 0 Å². The predicted molar refractivity (Wildman–Crippen MR) is 74.0 cm³/mol. The van der Waals surface area contributed by atoms with Gasteiger partial charge in [0.1, 0.15) is 6.54 Å². The summed E-state index contributed by atoms with van der Waals surface area (Å²) in [4.78, 5) is 32.7. The number of carbonyl (C=O) groups excluding carboxylic acids is 2. The number of nitrogens with one attached hydrogen (secondary N) is 1. The van der Waals surface area contributed by atoms with Crippen LogP contribution in [0.4, 0.5) is 11.5 Å². The van der Waals surface area contributed by atoms with E-state index in [1.807, 2.05) is 0 Å². The molecule has 0 bridgehead atoms. The van der Waals surface area contributed by atoms with E-state index in [4.69, 9.17) is 0 Å². The van der Waals surface area contributed by atoms with Crippen LogP contribution in [0.25, 0.3) is 0 Å². The molecule has 2 aromatic rings. The lowest BCUT2D eigenvalue weighted by molar-refractivity contribution is -0.389. The van der Waals surface area contributed by atoms with Crippen LogP contribution < -0.4 is 5.32 Å². The molecule has 1 aromatic heterocycles. The quantitative estimate of drug-likeness (QED) is 0.511. The molecule has 0 atom stereocenters. The van der Waals surface area contributed by atoms with Gasteiger partial charge in [0, 0.05) is 11.3 Å². The highest BCUT2D eigenvalue weighted by Crippen LogP contribution is 2.10. The fourth-order valence-corrected chi connectivity index (χ4v) is 1.67. The average molecular weight is 288 g/mol. The maximum absolute atomic E-state index is 11.8. The zero-order chi connectivity index (χ0) is 15.4. The zero-order valence-electron chi connectivity index (χ0n) is 11.1. The lowest BCUT2D eigenvalue weighted by Crippen LogP contribution is -2.19. The van der Waals surface area contributed by atoms with Crippen molar-refractivity contribution in [2.45, 2.75) is 13.5 Å². The smallest absolute Gasteiger partial charge is 0.358 e. The maximum atomic E-state index is 11.8. The van der Waals surface area contributed by atoms with E-state index in [1.54, 1.807) is 24.3 Å². The average Bonchev–Trinajstić information content (AvgIpc) is 2.87. The van der Waals surface area contributed by atoms with Gasteiger partial charge in [0.2, 0.25) is 5.91 Å². The molecule has 0 radical (unpaired) electrons. The summed E-state index contributed by atoms with van der Waals surface area (Å²) in [7, 11) is 0. The summed E-state index contributed by atoms with van der Waals surface area (Å²) in [5.41, 5.74) is 1.09. The van der Waals surface area contributed by atoms with Gasteiger partial charge in [-0.25, -0.2) is 0 Å². The van der Waals surface area contributed by atoms with E-state index >= 15 is 0 Å². The monoisotopic (exact) mass is 288 g/mol. The van der Waals surface area contributed by atoms with Gasteiger partial charge < -0.3 is 15.4 Å². The van der Waals surface area contributed by atoms with Crippen molar-refractivity contribution in [3.05, 3.63) is 52.2 Å². The van der Waals surface area contributed by atoms with Crippen molar-refractivity contribution in [3.8, 4) is 0 Å². The van der Waals surface area contributed by atoms with E-state index < -0.39 is 4.92 Å². The molecular formula is C13H12N4O4. The molecule has 21 heavy (non-hydrogen) atoms. The van der Waals surface area contributed by atoms with Gasteiger partial charge in [-0.05, 0) is 36.1 Å². The Kier molecular flexibility index (Phi) is 4.07. The fraction of sp³-hybridized carbons (Fsp3) is 0.154. The van der Waals surface area contributed by atoms with Crippen LogP contribution in [0.1, 0.15) is 17.3 Å². The van der Waals surface area contributed by atoms with Crippen molar-refractivity contribution in [2.24, 2.45) is 0 Å². The number of anilines is 1. The second-order valence-electron chi connectivity index (χ2n) is 4.31. The van der Waals surface area contributed by atoms with Crippen molar-refractivity contribution >= 4 is 23.2 Å². The highest BCUT2D eigenvalue weighted by molar-refractivity contribution is 5.95. The highest BCUT2D eigenvalue weighted by atomic mass is 16.6. The largest absolute Gasteiger partial charge is 0.389 e. The van der Waals surface area contributed by atoms with E-state index in [0.717, 1.165) is 0 Å². The third-order valence-corrected chi connectivity index (χ3v) is 2.69. The molecule has 1 N–H and O–H groups in total. The number of hydrogen-bond donors (Lipinski definition) is 1. The molecule has 8 heteroatoms. The van der Waals surface area contributed by atoms with Gasteiger partial charge in [0.15, 0.2) is 5.78 Å². The Morgan fingerprint density at radius 3 is 2.48 bits per heavy atom. The van der Waals surface area contributed by atoms with Gasteiger partial charge in [-0.3, -0.25) is 9.59 Å². The Morgan fingerprint density at radius 1 is 1.29 bits per heavy atom. The summed E-state index contributed by atoms with van der Waals surface area (Å²) in [6, 6.07) is 7.66. The SMILES string of the molecule is CC(=O)c1ccc(NC(=O)Cn2ccc([N+](=O)[O-])n2)cc1. The summed E-state index contributed by atoms with van der Waals surface area (Å²) in [5.74, 6) is -0.742. The molecular weight excluding hydrogens is 276 g/mol. The molecule has 0 saturated carbocycles. The Labute approximate surface area is 119 Å². The van der Waals surface area contributed by atoms with Gasteiger partial charge in [0.05, 0.1) is 17.4 Å². The Bertz CT molecular complexity index is 690. The molecule has 0 aliphatic carbocycles. The minimum absolute atomic E-state index is 0.0586. The van der Waals surface area contributed by atoms with E-state index in [2.05, 4.69) is 10.4 Å². The molecule has 0 aliphatic rings. The molecule has 1 amide bonds. The molecule has 8 nitrogen and oxygen atoms in total. The second-order valence-corrected chi connectivity index (χ2v) is 4.31. The van der Waals surface area contributed by atoms with E-state index in [9.17, 15) is 19.7 Å². The summed E-state index contributed by atoms with van der Waals surface area (Å²) in [6.07, 6.45) is 1.36. The lowest BCUT2D eigenvalue weighted by atomic mass is 10.1. The minimum Gasteiger partial charge on any atom is -0.358 e. The molecule has 108 valence electrons. The minimum atomic E-state index is -0.630. The molecule has 1 aromatic carbocycles. The van der Waals surface area contributed by atoms with Crippen LogP contribution in [0.5, 0.6) is 0 Å². The summed E-state index contributed by atoms with van der Waals surface area (Å²) in [6.45, 7) is 1.32. The number of benzene rings is 1. The number of amides is 1. The molecule has 0 aliphatic heterocycles. The summed E-state index contributed by atoms with van der Waals surface area (Å²) >= 11 is 0. The molecule has 1 heterocycles. The predicted octanol–water partition coefficient (Wildman–Crippen LogP) is 1.63. The standard InChI is InChI=1S/C13H12N4O4/c1-9(18)10-2-4-11(5-3-10)14-13(19)8-16-7-6-12(15-16)17(20)21/h2-7H,8H2,1H3,(H,14,19). The van der Waals surface area contributed by atoms with Crippen LogP contribution in [-0.4, -0.2) is 26.4 Å². The van der Waals surface area contributed by atoms with Gasteiger partial charge in [-0.15, -0.1) is 0 Å². The molecule has 0 saturated heterocycles. The first-order valence-electron chi connectivity index (χ1n) is 6.04. The summed E-state index contributed by atoms with van der Waals surface area (Å²) in [5, 5.41) is 16.7. The lowest BCUT2D eigenvalue weighted by Gasteiger charge is -2.04. The highest BCUT2D eigenvalue weighted by Gasteiger charge is 2.13. The van der Waals surface area contributed by atoms with Crippen LogP contribution in [-0.2, 0) is 11.3 Å². The zero-order valence-corrected chi connectivity index (χ0v) is 11.1. The molecule has 0 fully saturated rings. The van der Waals surface area contributed by atoms with E-state index in [-0.39, 0.29) is 24.1 Å². The Morgan fingerprint density at radius 2 is 1.95 bits per heavy atom. The number of nitro groups is 1. The first-order chi connectivity index (χ1) is 9.95. The van der Waals surface area contributed by atoms with Crippen LogP contribution in [0.2, 0.25) is 0 Å². The van der Waals surface area contributed by atoms with Gasteiger partial charge in [0.25, 0.3) is 0 Å². The van der Waals surface area contributed by atoms with E-state index in [0.29, 0.717) is 11.3 Å². The topological polar surface area (TPSA) is 107 Å². The number of nitrogens with zero attached hydrogens (tertiary/aromatic N) is 3. The van der Waals surface area contributed by atoms with Crippen LogP contribution in [0, 0.1) is 10.1 Å². The summed E-state index contributed by atoms with van der Waals surface area (Å²) < 4.78 is 1.18. The van der Waals surface area contributed by atoms with Crippen LogP contribution >= 0.6 is 0 Å². The van der Waals surface area contributed by atoms with Gasteiger partial charge >= 0.3 is 5.82 Å². The first-order valence-corrected chi connectivity index (χ1v) is 6.04. The number of rotatable bonds is 5. The first kappa shape index (κ1) is 14.4. The number of aromatic nitrogens is 2. The van der Waals surface area contributed by atoms with Crippen LogP contribution in [0.3, 0.4) is 0 Å². The molecule has 2 rings (SSSR count). The number of carbonyl (C=O) groups is 2. The number of Topliss-reactive ketones (excluding diaryl/α,β-unsaturated/α-hetero) is 1. The fourth-order valence-electron chi connectivity index (χ4n) is 1.67. The molecule has 0 spiro atoms. The van der Waals surface area contributed by atoms with Crippen LogP contribution in [0.15, 0.2) is 36.5 Å². The van der Waals surface area contributed by atoms with Crippen molar-refractivity contribution in [1.29, 1.82) is 0 Å². The third-order valence-electron chi connectivity index (χ3n) is 2.69. The maximum Gasteiger partial charge on any atom is 0.389 e. The number of ketones is 1. The van der Waals surface area contributed by atoms with Crippen molar-refractivity contribution < 1.29 is 14.5 Å². The van der Waals surface area contributed by atoms with E-state index in [1.165, 1.54) is 23.9 Å². The Hall–Kier alpha value is -3.03. The number of hydrogen-bond acceptors (Lipinski definition) is 5.